The molecule has 146 valence electrons. The van der Waals surface area contributed by atoms with Crippen LogP contribution < -0.4 is 5.32 Å². The van der Waals surface area contributed by atoms with Crippen molar-refractivity contribution in [3.63, 3.8) is 0 Å². The average Bonchev–Trinajstić information content (AvgIpc) is 3.27. The molecule has 0 aromatic carbocycles. The van der Waals surface area contributed by atoms with E-state index in [0.717, 1.165) is 49.3 Å². The number of carbonyl (C=O) groups is 1. The number of nitrogens with zero attached hydrogens (tertiary/aromatic N) is 3. The molecule has 0 amide bonds. The van der Waals surface area contributed by atoms with Crippen LogP contribution in [0.15, 0.2) is 6.33 Å². The highest BCUT2D eigenvalue weighted by molar-refractivity contribution is 7.19. The standard InChI is InChI=1S/C20H28N4O2S/c1-24(11-10-17(25)26-2)14-8-6-13(7-9-14)23-19-18-15-4-3-5-16(15)27-20(18)22-12-21-19/h12-14H,3-11H2,1-2H3,(H,21,22,23). The highest BCUT2D eigenvalue weighted by Gasteiger charge is 2.26. The summed E-state index contributed by atoms with van der Waals surface area (Å²) in [4.78, 5) is 25.4. The zero-order valence-electron chi connectivity index (χ0n) is 16.2. The first kappa shape index (κ1) is 18.6. The van der Waals surface area contributed by atoms with Crippen molar-refractivity contribution in [1.29, 1.82) is 0 Å². The van der Waals surface area contributed by atoms with E-state index in [0.29, 0.717) is 18.5 Å². The number of fused-ring (bicyclic) bond motifs is 3. The summed E-state index contributed by atoms with van der Waals surface area (Å²) in [5.41, 5.74) is 1.48. The molecule has 0 spiro atoms. The van der Waals surface area contributed by atoms with Crippen molar-refractivity contribution in [3.8, 4) is 0 Å². The zero-order valence-corrected chi connectivity index (χ0v) is 17.0. The lowest BCUT2D eigenvalue weighted by Crippen LogP contribution is -2.39. The Kier molecular flexibility index (Phi) is 5.59. The fourth-order valence-corrected chi connectivity index (χ4v) is 5.67. The fraction of sp³-hybridized carbons (Fsp3) is 0.650. The predicted octanol–water partition coefficient (Wildman–Crippen LogP) is 3.40. The number of ether oxygens (including phenoxy) is 1. The highest BCUT2D eigenvalue weighted by Crippen LogP contribution is 2.39. The number of hydrogen-bond acceptors (Lipinski definition) is 7. The van der Waals surface area contributed by atoms with Gasteiger partial charge in [0.05, 0.1) is 18.9 Å². The van der Waals surface area contributed by atoms with Crippen molar-refractivity contribution in [2.45, 2.75) is 63.5 Å². The molecule has 4 rings (SSSR count). The number of nitrogens with one attached hydrogen (secondary N) is 1. The Labute approximate surface area is 164 Å². The van der Waals surface area contributed by atoms with Gasteiger partial charge in [-0.3, -0.25) is 4.79 Å². The van der Waals surface area contributed by atoms with Gasteiger partial charge in [-0.05, 0) is 57.6 Å². The smallest absolute Gasteiger partial charge is 0.306 e. The molecule has 7 heteroatoms. The maximum atomic E-state index is 11.3. The maximum absolute atomic E-state index is 11.3. The first-order valence-corrected chi connectivity index (χ1v) is 10.8. The van der Waals surface area contributed by atoms with E-state index >= 15 is 0 Å². The molecule has 0 unspecified atom stereocenters. The molecule has 1 fully saturated rings. The summed E-state index contributed by atoms with van der Waals surface area (Å²) in [6.07, 6.45) is 10.3. The molecule has 1 saturated carbocycles. The minimum atomic E-state index is -0.131. The summed E-state index contributed by atoms with van der Waals surface area (Å²) in [6.45, 7) is 0.767. The average molecular weight is 389 g/mol. The van der Waals surface area contributed by atoms with Crippen LogP contribution in [0.1, 0.15) is 49.0 Å². The number of carbonyl (C=O) groups excluding carboxylic acids is 1. The van der Waals surface area contributed by atoms with Crippen LogP contribution in [-0.4, -0.2) is 53.6 Å². The van der Waals surface area contributed by atoms with Gasteiger partial charge in [0.1, 0.15) is 17.0 Å². The van der Waals surface area contributed by atoms with Gasteiger partial charge < -0.3 is 15.0 Å². The maximum Gasteiger partial charge on any atom is 0.306 e. The lowest BCUT2D eigenvalue weighted by atomic mass is 9.90. The van der Waals surface area contributed by atoms with E-state index in [4.69, 9.17) is 4.74 Å². The second-order valence-electron chi connectivity index (χ2n) is 7.72. The SMILES string of the molecule is COC(=O)CCN(C)C1CCC(Nc2ncnc3sc4c(c23)CCC4)CC1. The van der Waals surface area contributed by atoms with Crippen LogP contribution in [0.5, 0.6) is 0 Å². The Hall–Kier alpha value is -1.73. The molecule has 0 radical (unpaired) electrons. The van der Waals surface area contributed by atoms with E-state index in [-0.39, 0.29) is 5.97 Å². The number of hydrogen-bond donors (Lipinski definition) is 1. The monoisotopic (exact) mass is 388 g/mol. The van der Waals surface area contributed by atoms with Crippen molar-refractivity contribution in [3.05, 3.63) is 16.8 Å². The fourth-order valence-electron chi connectivity index (χ4n) is 4.44. The first-order chi connectivity index (χ1) is 13.2. The number of aromatic nitrogens is 2. The molecule has 0 atom stereocenters. The second kappa shape index (κ2) is 8.10. The number of aryl methyl sites for hydroxylation is 2. The second-order valence-corrected chi connectivity index (χ2v) is 8.80. The van der Waals surface area contributed by atoms with Crippen molar-refractivity contribution in [1.82, 2.24) is 14.9 Å². The Bertz CT molecular complexity index is 814. The first-order valence-electron chi connectivity index (χ1n) is 9.94. The van der Waals surface area contributed by atoms with E-state index in [2.05, 4.69) is 27.2 Å². The van der Waals surface area contributed by atoms with Crippen molar-refractivity contribution >= 4 is 33.3 Å². The van der Waals surface area contributed by atoms with Gasteiger partial charge >= 0.3 is 5.97 Å². The van der Waals surface area contributed by atoms with Gasteiger partial charge in [0, 0.05) is 23.5 Å². The molecular weight excluding hydrogens is 360 g/mol. The van der Waals surface area contributed by atoms with Crippen LogP contribution in [0.3, 0.4) is 0 Å². The van der Waals surface area contributed by atoms with Gasteiger partial charge in [-0.2, -0.15) is 0 Å². The topological polar surface area (TPSA) is 67.3 Å². The molecule has 0 bridgehead atoms. The van der Waals surface area contributed by atoms with E-state index in [9.17, 15) is 4.79 Å². The molecule has 2 aliphatic carbocycles. The number of thiophene rings is 1. The molecule has 2 aromatic heterocycles. The third kappa shape index (κ3) is 3.94. The van der Waals surface area contributed by atoms with Gasteiger partial charge in [0.2, 0.25) is 0 Å². The molecule has 27 heavy (non-hydrogen) atoms. The number of anilines is 1. The number of rotatable bonds is 6. The van der Waals surface area contributed by atoms with Gasteiger partial charge in [-0.25, -0.2) is 9.97 Å². The van der Waals surface area contributed by atoms with Crippen molar-refractivity contribution in [2.75, 3.05) is 26.0 Å². The number of esters is 1. The molecule has 0 aliphatic heterocycles. The molecule has 2 aromatic rings. The molecule has 0 saturated heterocycles. The quantitative estimate of drug-likeness (QED) is 0.765. The molecule has 1 N–H and O–H groups in total. The highest BCUT2D eigenvalue weighted by atomic mass is 32.1. The lowest BCUT2D eigenvalue weighted by molar-refractivity contribution is -0.141. The normalized spacial score (nSPS) is 22.2. The van der Waals surface area contributed by atoms with Gasteiger partial charge in [-0.1, -0.05) is 0 Å². The van der Waals surface area contributed by atoms with Crippen molar-refractivity contribution in [2.24, 2.45) is 0 Å². The summed E-state index contributed by atoms with van der Waals surface area (Å²) in [6, 6.07) is 1.01. The number of methoxy groups -OCH3 is 1. The van der Waals surface area contributed by atoms with Crippen LogP contribution in [0.4, 0.5) is 5.82 Å². The van der Waals surface area contributed by atoms with Crippen LogP contribution in [0, 0.1) is 0 Å². The van der Waals surface area contributed by atoms with Crippen LogP contribution in [-0.2, 0) is 22.4 Å². The lowest BCUT2D eigenvalue weighted by Gasteiger charge is -2.35. The van der Waals surface area contributed by atoms with Crippen LogP contribution >= 0.6 is 11.3 Å². The van der Waals surface area contributed by atoms with Gasteiger partial charge in [-0.15, -0.1) is 11.3 Å². The van der Waals surface area contributed by atoms with E-state index in [1.54, 1.807) is 6.33 Å². The van der Waals surface area contributed by atoms with Gasteiger partial charge in [0.25, 0.3) is 0 Å². The molecule has 2 heterocycles. The minimum Gasteiger partial charge on any atom is -0.469 e. The summed E-state index contributed by atoms with van der Waals surface area (Å²) >= 11 is 1.84. The van der Waals surface area contributed by atoms with Gasteiger partial charge in [0.15, 0.2) is 0 Å². The molecule has 2 aliphatic rings. The Morgan fingerprint density at radius 2 is 2.11 bits per heavy atom. The minimum absolute atomic E-state index is 0.131. The van der Waals surface area contributed by atoms with E-state index in [1.165, 1.54) is 35.8 Å². The molecular formula is C20H28N4O2S. The van der Waals surface area contributed by atoms with Crippen LogP contribution in [0.2, 0.25) is 0 Å². The largest absolute Gasteiger partial charge is 0.469 e. The van der Waals surface area contributed by atoms with Crippen molar-refractivity contribution < 1.29 is 9.53 Å². The third-order valence-electron chi connectivity index (χ3n) is 6.06. The zero-order chi connectivity index (χ0) is 18.8. The summed E-state index contributed by atoms with van der Waals surface area (Å²) in [5, 5.41) is 4.99. The predicted molar refractivity (Wildman–Crippen MR) is 108 cm³/mol. The summed E-state index contributed by atoms with van der Waals surface area (Å²) in [5.74, 6) is 0.898. The Balaban J connectivity index is 1.36. The van der Waals surface area contributed by atoms with Crippen LogP contribution in [0.25, 0.3) is 10.2 Å². The summed E-state index contributed by atoms with van der Waals surface area (Å²) in [7, 11) is 3.57. The Morgan fingerprint density at radius 1 is 1.30 bits per heavy atom. The molecule has 6 nitrogen and oxygen atoms in total. The Morgan fingerprint density at radius 3 is 2.89 bits per heavy atom. The van der Waals surface area contributed by atoms with E-state index < -0.39 is 0 Å². The third-order valence-corrected chi connectivity index (χ3v) is 7.26. The summed E-state index contributed by atoms with van der Waals surface area (Å²) < 4.78 is 4.74. The van der Waals surface area contributed by atoms with E-state index in [1.807, 2.05) is 11.3 Å².